The molecule has 6 nitrogen and oxygen atoms in total. The van der Waals surface area contributed by atoms with Crippen molar-refractivity contribution in [2.24, 2.45) is 5.41 Å². The Balaban J connectivity index is 2.51. The second kappa shape index (κ2) is 7.56. The molecule has 1 aromatic heterocycles. The molecule has 0 spiro atoms. The van der Waals surface area contributed by atoms with Crippen LogP contribution in [0.15, 0.2) is 12.4 Å². The van der Waals surface area contributed by atoms with Crippen molar-refractivity contribution in [1.82, 2.24) is 20.4 Å². The van der Waals surface area contributed by atoms with Crippen LogP contribution in [0.4, 0.5) is 0 Å². The first-order valence-corrected chi connectivity index (χ1v) is 7.25. The first-order valence-electron chi connectivity index (χ1n) is 7.25. The molecule has 0 radical (unpaired) electrons. The summed E-state index contributed by atoms with van der Waals surface area (Å²) < 4.78 is 7.92. The van der Waals surface area contributed by atoms with Gasteiger partial charge in [-0.1, -0.05) is 13.8 Å². The predicted molar refractivity (Wildman–Crippen MR) is 82.9 cm³/mol. The Hall–Kier alpha value is -1.40. The Labute approximate surface area is 127 Å². The Morgan fingerprint density at radius 2 is 2.10 bits per heavy atom. The highest BCUT2D eigenvalue weighted by molar-refractivity contribution is 5.46. The average molecular weight is 296 g/mol. The summed E-state index contributed by atoms with van der Waals surface area (Å²) in [6.07, 6.45) is 4.42. The Morgan fingerprint density at radius 1 is 1.38 bits per heavy atom. The minimum atomic E-state index is -0.185. The number of aromatic nitrogens is 2. The van der Waals surface area contributed by atoms with Crippen molar-refractivity contribution in [3.05, 3.63) is 18.0 Å². The summed E-state index contributed by atoms with van der Waals surface area (Å²) in [7, 11) is 1.93. The van der Waals surface area contributed by atoms with Crippen LogP contribution < -0.4 is 10.6 Å². The summed E-state index contributed by atoms with van der Waals surface area (Å²) >= 11 is 0. The largest absolute Gasteiger partial charge is 0.374 e. The number of amides is 1. The van der Waals surface area contributed by atoms with E-state index in [2.05, 4.69) is 43.4 Å². The summed E-state index contributed by atoms with van der Waals surface area (Å²) in [4.78, 5) is 10.3. The van der Waals surface area contributed by atoms with Gasteiger partial charge in [-0.05, 0) is 20.9 Å². The molecule has 0 aliphatic carbocycles. The SMILES string of the molecule is CNCC(C)(C)OCC(C)(C)Cn1cc(CNC=O)cn1. The summed E-state index contributed by atoms with van der Waals surface area (Å²) in [6.45, 7) is 11.2. The fraction of sp³-hybridized carbons (Fsp3) is 0.733. The van der Waals surface area contributed by atoms with Crippen molar-refractivity contribution >= 4 is 6.41 Å². The lowest BCUT2D eigenvalue weighted by Crippen LogP contribution is -2.39. The maximum Gasteiger partial charge on any atom is 0.207 e. The van der Waals surface area contributed by atoms with Crippen molar-refractivity contribution in [2.75, 3.05) is 20.2 Å². The molecule has 0 aromatic carbocycles. The summed E-state index contributed by atoms with van der Waals surface area (Å²) in [6, 6.07) is 0. The third-order valence-corrected chi connectivity index (χ3v) is 3.12. The van der Waals surface area contributed by atoms with Crippen LogP contribution in [0.1, 0.15) is 33.3 Å². The topological polar surface area (TPSA) is 68.2 Å². The van der Waals surface area contributed by atoms with E-state index < -0.39 is 0 Å². The summed E-state index contributed by atoms with van der Waals surface area (Å²) in [5.41, 5.74) is 0.788. The van der Waals surface area contributed by atoms with E-state index in [0.29, 0.717) is 19.6 Å². The zero-order chi connectivity index (χ0) is 15.9. The van der Waals surface area contributed by atoms with Crippen LogP contribution in [0.5, 0.6) is 0 Å². The van der Waals surface area contributed by atoms with Gasteiger partial charge >= 0.3 is 0 Å². The third-order valence-electron chi connectivity index (χ3n) is 3.12. The highest BCUT2D eigenvalue weighted by Gasteiger charge is 2.25. The number of rotatable bonds is 10. The minimum absolute atomic E-state index is 0.0214. The number of ether oxygens (including phenoxy) is 1. The van der Waals surface area contributed by atoms with Crippen molar-refractivity contribution in [2.45, 2.75) is 46.4 Å². The zero-order valence-corrected chi connectivity index (χ0v) is 13.8. The van der Waals surface area contributed by atoms with Crippen LogP contribution in [0.2, 0.25) is 0 Å². The minimum Gasteiger partial charge on any atom is -0.374 e. The van der Waals surface area contributed by atoms with Gasteiger partial charge in [0.15, 0.2) is 0 Å². The predicted octanol–water partition coefficient (Wildman–Crippen LogP) is 1.17. The Kier molecular flexibility index (Phi) is 6.36. The molecule has 1 amide bonds. The third kappa shape index (κ3) is 6.73. The molecule has 1 aromatic rings. The van der Waals surface area contributed by atoms with Gasteiger partial charge in [0, 0.05) is 36.8 Å². The van der Waals surface area contributed by atoms with Gasteiger partial charge in [-0.15, -0.1) is 0 Å². The fourth-order valence-electron chi connectivity index (χ4n) is 2.10. The molecule has 0 aliphatic rings. The first-order chi connectivity index (χ1) is 9.78. The monoisotopic (exact) mass is 296 g/mol. The smallest absolute Gasteiger partial charge is 0.207 e. The van der Waals surface area contributed by atoms with Crippen LogP contribution in [0, 0.1) is 5.41 Å². The maximum absolute atomic E-state index is 10.3. The molecule has 0 bridgehead atoms. The van der Waals surface area contributed by atoms with Crippen LogP contribution in [-0.2, 0) is 22.6 Å². The number of nitrogens with one attached hydrogen (secondary N) is 2. The highest BCUT2D eigenvalue weighted by Crippen LogP contribution is 2.22. The Bertz CT molecular complexity index is 441. The number of hydrogen-bond donors (Lipinski definition) is 2. The molecule has 0 saturated carbocycles. The molecule has 0 fully saturated rings. The molecule has 2 N–H and O–H groups in total. The number of carbonyl (C=O) groups is 1. The molecule has 0 aliphatic heterocycles. The molecule has 0 atom stereocenters. The molecule has 6 heteroatoms. The molecule has 1 heterocycles. The van der Waals surface area contributed by atoms with Crippen molar-refractivity contribution < 1.29 is 9.53 Å². The van der Waals surface area contributed by atoms with Gasteiger partial charge in [-0.3, -0.25) is 9.48 Å². The quantitative estimate of drug-likeness (QED) is 0.636. The lowest BCUT2D eigenvalue weighted by Gasteiger charge is -2.31. The second-order valence-electron chi connectivity index (χ2n) is 6.79. The molecule has 21 heavy (non-hydrogen) atoms. The van der Waals surface area contributed by atoms with Crippen molar-refractivity contribution in [3.8, 4) is 0 Å². The summed E-state index contributed by atoms with van der Waals surface area (Å²) in [5, 5.41) is 10.1. The van der Waals surface area contributed by atoms with E-state index in [1.54, 1.807) is 6.20 Å². The van der Waals surface area contributed by atoms with E-state index >= 15 is 0 Å². The molecular weight excluding hydrogens is 268 g/mol. The lowest BCUT2D eigenvalue weighted by molar-refractivity contribution is -0.109. The fourth-order valence-corrected chi connectivity index (χ4v) is 2.10. The van der Waals surface area contributed by atoms with Gasteiger partial charge in [-0.2, -0.15) is 5.10 Å². The van der Waals surface area contributed by atoms with E-state index in [4.69, 9.17) is 4.74 Å². The number of carbonyl (C=O) groups excluding carboxylic acids is 1. The van der Waals surface area contributed by atoms with Crippen molar-refractivity contribution in [3.63, 3.8) is 0 Å². The second-order valence-corrected chi connectivity index (χ2v) is 6.79. The normalized spacial score (nSPS) is 12.4. The number of hydrogen-bond acceptors (Lipinski definition) is 4. The van der Waals surface area contributed by atoms with Crippen LogP contribution in [0.25, 0.3) is 0 Å². The van der Waals surface area contributed by atoms with E-state index in [-0.39, 0.29) is 11.0 Å². The molecule has 0 saturated heterocycles. The van der Waals surface area contributed by atoms with Crippen LogP contribution in [0.3, 0.4) is 0 Å². The van der Waals surface area contributed by atoms with E-state index in [1.807, 2.05) is 17.9 Å². The van der Waals surface area contributed by atoms with Gasteiger partial charge in [-0.25, -0.2) is 0 Å². The number of likely N-dealkylation sites (N-methyl/N-ethyl adjacent to an activating group) is 1. The highest BCUT2D eigenvalue weighted by atomic mass is 16.5. The van der Waals surface area contributed by atoms with Gasteiger partial charge in [0.25, 0.3) is 0 Å². The van der Waals surface area contributed by atoms with Gasteiger partial charge < -0.3 is 15.4 Å². The van der Waals surface area contributed by atoms with E-state index in [9.17, 15) is 4.79 Å². The lowest BCUT2D eigenvalue weighted by atomic mass is 9.94. The van der Waals surface area contributed by atoms with Gasteiger partial charge in [0.2, 0.25) is 6.41 Å². The molecule has 1 rings (SSSR count). The molecular formula is C15H28N4O2. The molecule has 120 valence electrons. The van der Waals surface area contributed by atoms with Crippen molar-refractivity contribution in [1.29, 1.82) is 0 Å². The van der Waals surface area contributed by atoms with Gasteiger partial charge in [0.05, 0.1) is 18.4 Å². The van der Waals surface area contributed by atoms with Crippen LogP contribution >= 0.6 is 0 Å². The van der Waals surface area contributed by atoms with Gasteiger partial charge in [0.1, 0.15) is 0 Å². The zero-order valence-electron chi connectivity index (χ0n) is 13.8. The summed E-state index contributed by atoms with van der Waals surface area (Å²) in [5.74, 6) is 0. The average Bonchev–Trinajstić information content (AvgIpc) is 2.81. The van der Waals surface area contributed by atoms with Crippen LogP contribution in [-0.4, -0.2) is 42.0 Å². The first kappa shape index (κ1) is 17.7. The van der Waals surface area contributed by atoms with E-state index in [0.717, 1.165) is 18.7 Å². The number of nitrogens with zero attached hydrogens (tertiary/aromatic N) is 2. The molecule has 0 unspecified atom stereocenters. The standard InChI is InChI=1S/C15H28N4O2/c1-14(2,11-21-15(3,4)9-16-5)10-19-8-13(7-18-19)6-17-12-20/h7-8,12,16H,6,9-11H2,1-5H3,(H,17,20). The Morgan fingerprint density at radius 3 is 2.71 bits per heavy atom. The van der Waals surface area contributed by atoms with E-state index in [1.165, 1.54) is 0 Å². The maximum atomic E-state index is 10.3.